The Hall–Kier alpha value is -4.20. The smallest absolute Gasteiger partial charge is 0.225 e. The first-order valence-corrected chi connectivity index (χ1v) is 11.5. The van der Waals surface area contributed by atoms with E-state index in [0.717, 1.165) is 66.4 Å². The second-order valence-electron chi connectivity index (χ2n) is 8.71. The van der Waals surface area contributed by atoms with Crippen LogP contribution in [0, 0.1) is 0 Å². The number of nitrogens with zero attached hydrogens (tertiary/aromatic N) is 8. The second kappa shape index (κ2) is 8.62. The zero-order valence-electron chi connectivity index (χ0n) is 19.1. The Kier molecular flexibility index (Phi) is 5.18. The number of anilines is 2. The zero-order valence-corrected chi connectivity index (χ0v) is 19.1. The Morgan fingerprint density at radius 2 is 1.53 bits per heavy atom. The summed E-state index contributed by atoms with van der Waals surface area (Å²) in [4.78, 5) is 14.0. The molecule has 0 amide bonds. The minimum absolute atomic E-state index is 0.801. The van der Waals surface area contributed by atoms with Crippen molar-refractivity contribution in [2.75, 3.05) is 36.0 Å². The molecule has 5 aromatic rings. The number of rotatable bonds is 5. The minimum Gasteiger partial charge on any atom is -0.365 e. The lowest BCUT2D eigenvalue weighted by molar-refractivity contribution is 0.641. The molecule has 6 rings (SSSR count). The third-order valence-corrected chi connectivity index (χ3v) is 6.39. The van der Waals surface area contributed by atoms with Gasteiger partial charge >= 0.3 is 0 Å². The van der Waals surface area contributed by atoms with Crippen LogP contribution in [0.1, 0.15) is 11.1 Å². The summed E-state index contributed by atoms with van der Waals surface area (Å²) in [7, 11) is 1.94. The van der Waals surface area contributed by atoms with E-state index in [1.165, 1.54) is 5.56 Å². The Bertz CT molecular complexity index is 1400. The zero-order chi connectivity index (χ0) is 22.9. The molecule has 4 aromatic heterocycles. The molecular formula is C26H26N8. The molecule has 5 heterocycles. The summed E-state index contributed by atoms with van der Waals surface area (Å²) in [5, 5.41) is 8.87. The molecule has 0 N–H and O–H groups in total. The highest BCUT2D eigenvalue weighted by molar-refractivity contribution is 5.78. The fourth-order valence-corrected chi connectivity index (χ4v) is 4.54. The van der Waals surface area contributed by atoms with Crippen LogP contribution in [-0.4, -0.2) is 55.5 Å². The van der Waals surface area contributed by atoms with Gasteiger partial charge in [0.15, 0.2) is 0 Å². The van der Waals surface area contributed by atoms with Gasteiger partial charge in [-0.3, -0.25) is 4.68 Å². The number of pyridine rings is 1. The molecule has 0 unspecified atom stereocenters. The molecule has 8 nitrogen and oxygen atoms in total. The van der Waals surface area contributed by atoms with Crippen LogP contribution in [0.15, 0.2) is 79.6 Å². The first kappa shape index (κ1) is 20.4. The lowest BCUT2D eigenvalue weighted by Crippen LogP contribution is -2.47. The molecule has 1 saturated heterocycles. The van der Waals surface area contributed by atoms with Crippen LogP contribution in [-0.2, 0) is 13.5 Å². The van der Waals surface area contributed by atoms with E-state index in [-0.39, 0.29) is 0 Å². The molecule has 170 valence electrons. The van der Waals surface area contributed by atoms with Gasteiger partial charge in [0.2, 0.25) is 5.95 Å². The van der Waals surface area contributed by atoms with Crippen molar-refractivity contribution in [1.82, 2.24) is 29.4 Å². The third kappa shape index (κ3) is 3.98. The van der Waals surface area contributed by atoms with Gasteiger partial charge < -0.3 is 9.80 Å². The van der Waals surface area contributed by atoms with E-state index >= 15 is 0 Å². The van der Waals surface area contributed by atoms with Gasteiger partial charge in [0.25, 0.3) is 0 Å². The predicted octanol–water partition coefficient (Wildman–Crippen LogP) is 3.44. The van der Waals surface area contributed by atoms with Crippen molar-refractivity contribution in [3.8, 4) is 11.1 Å². The summed E-state index contributed by atoms with van der Waals surface area (Å²) in [6.07, 6.45) is 12.7. The van der Waals surface area contributed by atoms with Crippen molar-refractivity contribution < 1.29 is 0 Å². The minimum atomic E-state index is 0.801. The summed E-state index contributed by atoms with van der Waals surface area (Å²) in [6, 6.07) is 14.7. The van der Waals surface area contributed by atoms with Crippen molar-refractivity contribution in [3.05, 3.63) is 90.8 Å². The molecule has 0 saturated carbocycles. The van der Waals surface area contributed by atoms with Crippen LogP contribution in [0.25, 0.3) is 16.6 Å². The van der Waals surface area contributed by atoms with E-state index in [1.807, 2.05) is 59.5 Å². The van der Waals surface area contributed by atoms with Crippen molar-refractivity contribution in [2.24, 2.45) is 7.05 Å². The summed E-state index contributed by atoms with van der Waals surface area (Å²) < 4.78 is 3.77. The summed E-state index contributed by atoms with van der Waals surface area (Å²) >= 11 is 0. The maximum absolute atomic E-state index is 4.66. The molecule has 1 aromatic carbocycles. The van der Waals surface area contributed by atoms with Crippen LogP contribution in [0.4, 0.5) is 11.6 Å². The van der Waals surface area contributed by atoms with Gasteiger partial charge in [-0.15, -0.1) is 0 Å². The van der Waals surface area contributed by atoms with E-state index in [0.29, 0.717) is 0 Å². The number of benzene rings is 1. The second-order valence-corrected chi connectivity index (χ2v) is 8.71. The van der Waals surface area contributed by atoms with Crippen molar-refractivity contribution in [2.45, 2.75) is 6.42 Å². The lowest BCUT2D eigenvalue weighted by atomic mass is 10.1. The van der Waals surface area contributed by atoms with E-state index in [4.69, 9.17) is 0 Å². The number of aryl methyl sites for hydroxylation is 1. The Balaban J connectivity index is 1.15. The molecule has 8 heteroatoms. The van der Waals surface area contributed by atoms with Crippen LogP contribution < -0.4 is 9.80 Å². The standard InChI is InChI=1S/C26H26N8/c1-31-19-23(17-29-31)22-7-8-34-24(14-22)25(18-30-34)32-9-11-33(12-10-32)26-27-15-21(16-28-26)13-20-5-3-2-4-6-20/h2-8,14-19H,9-13H2,1H3. The first-order valence-electron chi connectivity index (χ1n) is 11.5. The van der Waals surface area contributed by atoms with E-state index in [1.54, 1.807) is 0 Å². The van der Waals surface area contributed by atoms with Crippen molar-refractivity contribution in [1.29, 1.82) is 0 Å². The quantitative estimate of drug-likeness (QED) is 0.409. The predicted molar refractivity (Wildman–Crippen MR) is 133 cm³/mol. The van der Waals surface area contributed by atoms with Crippen LogP contribution in [0.3, 0.4) is 0 Å². The highest BCUT2D eigenvalue weighted by Crippen LogP contribution is 2.28. The van der Waals surface area contributed by atoms with E-state index in [2.05, 4.69) is 66.4 Å². The van der Waals surface area contributed by atoms with Gasteiger partial charge in [0.05, 0.1) is 23.6 Å². The lowest BCUT2D eigenvalue weighted by Gasteiger charge is -2.35. The number of piperazine rings is 1. The first-order chi connectivity index (χ1) is 16.7. The number of hydrogen-bond acceptors (Lipinski definition) is 6. The van der Waals surface area contributed by atoms with Crippen molar-refractivity contribution in [3.63, 3.8) is 0 Å². The average Bonchev–Trinajstić information content (AvgIpc) is 3.51. The molecule has 0 spiro atoms. The van der Waals surface area contributed by atoms with Gasteiger partial charge in [-0.2, -0.15) is 10.2 Å². The Morgan fingerprint density at radius 1 is 0.765 bits per heavy atom. The SMILES string of the molecule is Cn1cc(-c2ccn3ncc(N4CCN(c5ncc(Cc6ccccc6)cn5)CC4)c3c2)cn1. The topological polar surface area (TPSA) is 67.4 Å². The normalized spacial score (nSPS) is 14.1. The highest BCUT2D eigenvalue weighted by Gasteiger charge is 2.22. The van der Waals surface area contributed by atoms with Gasteiger partial charge in [0.1, 0.15) is 0 Å². The van der Waals surface area contributed by atoms with Gasteiger partial charge in [-0.1, -0.05) is 30.3 Å². The average molecular weight is 451 g/mol. The number of fused-ring (bicyclic) bond motifs is 1. The van der Waals surface area contributed by atoms with E-state index in [9.17, 15) is 0 Å². The molecule has 0 aliphatic carbocycles. The molecular weight excluding hydrogens is 424 g/mol. The monoisotopic (exact) mass is 450 g/mol. The molecule has 34 heavy (non-hydrogen) atoms. The summed E-state index contributed by atoms with van der Waals surface area (Å²) in [5.41, 5.74) is 6.91. The molecule has 0 atom stereocenters. The highest BCUT2D eigenvalue weighted by atomic mass is 15.3. The van der Waals surface area contributed by atoms with Gasteiger partial charge in [0, 0.05) is 70.0 Å². The molecule has 0 radical (unpaired) electrons. The van der Waals surface area contributed by atoms with Gasteiger partial charge in [-0.25, -0.2) is 14.5 Å². The van der Waals surface area contributed by atoms with Gasteiger partial charge in [-0.05, 0) is 28.8 Å². The van der Waals surface area contributed by atoms with Crippen LogP contribution in [0.2, 0.25) is 0 Å². The number of hydrogen-bond donors (Lipinski definition) is 0. The summed E-state index contributed by atoms with van der Waals surface area (Å²) in [6.45, 7) is 3.54. The van der Waals surface area contributed by atoms with Crippen molar-refractivity contribution >= 4 is 17.2 Å². The molecule has 1 aliphatic heterocycles. The molecule has 0 bridgehead atoms. The molecule has 1 fully saturated rings. The van der Waals surface area contributed by atoms with Crippen LogP contribution in [0.5, 0.6) is 0 Å². The fourth-order valence-electron chi connectivity index (χ4n) is 4.54. The maximum Gasteiger partial charge on any atom is 0.225 e. The maximum atomic E-state index is 4.66. The largest absolute Gasteiger partial charge is 0.365 e. The van der Waals surface area contributed by atoms with Crippen LogP contribution >= 0.6 is 0 Å². The Labute approximate surface area is 198 Å². The van der Waals surface area contributed by atoms with E-state index < -0.39 is 0 Å². The molecule has 1 aliphatic rings. The Morgan fingerprint density at radius 3 is 2.26 bits per heavy atom. The fraction of sp³-hybridized carbons (Fsp3) is 0.231. The number of aromatic nitrogens is 6. The third-order valence-electron chi connectivity index (χ3n) is 6.39. The summed E-state index contributed by atoms with van der Waals surface area (Å²) in [5.74, 6) is 0.801.